The van der Waals surface area contributed by atoms with Gasteiger partial charge in [-0.25, -0.2) is 4.57 Å². The Bertz CT molecular complexity index is 1110. The standard InChI is InChI=1S/C47H86NO9P/c1-3-5-7-9-11-13-15-17-19-20-21-22-23-24-25-26-28-30-32-34-36-38-40-54-41-44(42-55-58(52,53)56-43-45(48)47(50)51)57-46(49)39-37-35-33-31-29-27-18-16-14-12-10-8-6-4-2/h15-18,20-21,23-24,44-45H,3-14,19,22,25-43,48H2,1-2H3,(H,50,51)(H,52,53)/b17-15-,18-16-,21-20-,24-23-. The third-order valence-corrected chi connectivity index (χ3v) is 10.8. The first-order chi connectivity index (χ1) is 28.2. The molecule has 0 amide bonds. The van der Waals surface area contributed by atoms with E-state index in [9.17, 15) is 19.0 Å². The fourth-order valence-electron chi connectivity index (χ4n) is 6.19. The van der Waals surface area contributed by atoms with Crippen molar-refractivity contribution in [2.75, 3.05) is 26.4 Å². The van der Waals surface area contributed by atoms with Crippen molar-refractivity contribution in [3.05, 3.63) is 48.6 Å². The topological polar surface area (TPSA) is 155 Å². The minimum Gasteiger partial charge on any atom is -0.480 e. The highest BCUT2D eigenvalue weighted by Gasteiger charge is 2.27. The number of carbonyl (C=O) groups is 2. The van der Waals surface area contributed by atoms with Crippen LogP contribution < -0.4 is 5.73 Å². The Morgan fingerprint density at radius 3 is 1.43 bits per heavy atom. The van der Waals surface area contributed by atoms with Crippen LogP contribution in [0.5, 0.6) is 0 Å². The molecule has 0 aliphatic rings. The number of nitrogens with two attached hydrogens (primary N) is 1. The van der Waals surface area contributed by atoms with Crippen molar-refractivity contribution in [2.45, 2.75) is 212 Å². The average molecular weight is 840 g/mol. The van der Waals surface area contributed by atoms with E-state index in [1.165, 1.54) is 103 Å². The van der Waals surface area contributed by atoms with E-state index in [-0.39, 0.29) is 13.0 Å². The Kier molecular flexibility index (Phi) is 41.5. The predicted molar refractivity (Wildman–Crippen MR) is 240 cm³/mol. The summed E-state index contributed by atoms with van der Waals surface area (Å²) >= 11 is 0. The monoisotopic (exact) mass is 840 g/mol. The van der Waals surface area contributed by atoms with Gasteiger partial charge in [0.15, 0.2) is 0 Å². The lowest BCUT2D eigenvalue weighted by Gasteiger charge is -2.20. The Labute approximate surface area is 354 Å². The number of hydrogen-bond acceptors (Lipinski definition) is 8. The summed E-state index contributed by atoms with van der Waals surface area (Å²) in [6.45, 7) is 3.83. The van der Waals surface area contributed by atoms with Gasteiger partial charge in [0.1, 0.15) is 12.1 Å². The number of phosphoric ester groups is 1. The lowest BCUT2D eigenvalue weighted by Crippen LogP contribution is -2.34. The molecule has 0 spiro atoms. The summed E-state index contributed by atoms with van der Waals surface area (Å²) in [7, 11) is -4.62. The van der Waals surface area contributed by atoms with E-state index in [0.717, 1.165) is 70.6 Å². The molecule has 11 heteroatoms. The molecule has 0 aliphatic heterocycles. The molecule has 58 heavy (non-hydrogen) atoms. The maximum absolute atomic E-state index is 12.6. The van der Waals surface area contributed by atoms with Crippen molar-refractivity contribution in [3.63, 3.8) is 0 Å². The number of carboxylic acids is 1. The summed E-state index contributed by atoms with van der Waals surface area (Å²) in [5, 5.41) is 8.90. The zero-order valence-electron chi connectivity index (χ0n) is 36.9. The van der Waals surface area contributed by atoms with Gasteiger partial charge >= 0.3 is 19.8 Å². The molecule has 0 aliphatic carbocycles. The van der Waals surface area contributed by atoms with Gasteiger partial charge in [-0.1, -0.05) is 165 Å². The highest BCUT2D eigenvalue weighted by Crippen LogP contribution is 2.43. The van der Waals surface area contributed by atoms with Crippen LogP contribution in [0.25, 0.3) is 0 Å². The van der Waals surface area contributed by atoms with Gasteiger partial charge in [-0.15, -0.1) is 0 Å². The molecule has 0 fully saturated rings. The van der Waals surface area contributed by atoms with E-state index in [2.05, 4.69) is 62.5 Å². The summed E-state index contributed by atoms with van der Waals surface area (Å²) in [5.41, 5.74) is 5.36. The van der Waals surface area contributed by atoms with Crippen LogP contribution in [0.4, 0.5) is 0 Å². The summed E-state index contributed by atoms with van der Waals surface area (Å²) in [4.78, 5) is 33.6. The highest BCUT2D eigenvalue weighted by molar-refractivity contribution is 7.47. The largest absolute Gasteiger partial charge is 0.480 e. The normalized spacial score (nSPS) is 14.3. The maximum atomic E-state index is 12.6. The van der Waals surface area contributed by atoms with Crippen LogP contribution >= 0.6 is 7.82 Å². The summed E-state index contributed by atoms with van der Waals surface area (Å²) in [6.07, 6.45) is 50.2. The number of phosphoric acid groups is 1. The Balaban J connectivity index is 4.21. The number of hydrogen-bond donors (Lipinski definition) is 3. The lowest BCUT2D eigenvalue weighted by atomic mass is 10.1. The molecule has 0 bridgehead atoms. The Morgan fingerprint density at radius 2 is 0.948 bits per heavy atom. The van der Waals surface area contributed by atoms with Crippen molar-refractivity contribution < 1.29 is 42.7 Å². The summed E-state index contributed by atoms with van der Waals surface area (Å²) in [5.74, 6) is -1.79. The first kappa shape index (κ1) is 55.9. The minimum atomic E-state index is -4.62. The molecule has 3 unspecified atom stereocenters. The van der Waals surface area contributed by atoms with Crippen LogP contribution in [0.2, 0.25) is 0 Å². The van der Waals surface area contributed by atoms with Crippen molar-refractivity contribution in [3.8, 4) is 0 Å². The summed E-state index contributed by atoms with van der Waals surface area (Å²) < 4.78 is 33.4. The molecule has 0 aromatic heterocycles. The zero-order chi connectivity index (χ0) is 42.6. The summed E-state index contributed by atoms with van der Waals surface area (Å²) in [6, 6.07) is -1.48. The number of esters is 1. The van der Waals surface area contributed by atoms with Crippen molar-refractivity contribution in [2.24, 2.45) is 5.73 Å². The number of carbonyl (C=O) groups excluding carboxylic acids is 1. The number of unbranched alkanes of at least 4 members (excludes halogenated alkanes) is 22. The molecule has 0 saturated carbocycles. The zero-order valence-corrected chi connectivity index (χ0v) is 37.8. The Hall–Kier alpha value is -2.07. The maximum Gasteiger partial charge on any atom is 0.472 e. The highest BCUT2D eigenvalue weighted by atomic mass is 31.2. The van der Waals surface area contributed by atoms with Crippen molar-refractivity contribution >= 4 is 19.8 Å². The van der Waals surface area contributed by atoms with Crippen molar-refractivity contribution in [1.82, 2.24) is 0 Å². The van der Waals surface area contributed by atoms with Crippen LogP contribution in [-0.4, -0.2) is 60.5 Å². The molecule has 0 heterocycles. The quantitative estimate of drug-likeness (QED) is 0.0234. The third-order valence-electron chi connectivity index (χ3n) is 9.83. The molecule has 3 atom stereocenters. The van der Waals surface area contributed by atoms with Gasteiger partial charge in [-0.3, -0.25) is 18.6 Å². The van der Waals surface area contributed by atoms with Crippen LogP contribution in [0, 0.1) is 0 Å². The van der Waals surface area contributed by atoms with E-state index >= 15 is 0 Å². The van der Waals surface area contributed by atoms with Crippen LogP contribution in [0.3, 0.4) is 0 Å². The number of rotatable bonds is 44. The number of allylic oxidation sites excluding steroid dienone is 8. The van der Waals surface area contributed by atoms with Gasteiger partial charge in [0.2, 0.25) is 0 Å². The van der Waals surface area contributed by atoms with E-state index in [0.29, 0.717) is 13.0 Å². The van der Waals surface area contributed by atoms with Gasteiger partial charge in [0, 0.05) is 13.0 Å². The second kappa shape index (κ2) is 43.0. The molecule has 0 radical (unpaired) electrons. The molecular formula is C47H86NO9P. The number of carboxylic acid groups (broad SMARTS) is 1. The smallest absolute Gasteiger partial charge is 0.472 e. The van der Waals surface area contributed by atoms with Crippen LogP contribution in [0.15, 0.2) is 48.6 Å². The van der Waals surface area contributed by atoms with Crippen LogP contribution in [0.1, 0.15) is 200 Å². The predicted octanol–water partition coefficient (Wildman–Crippen LogP) is 13.0. The first-order valence-corrected chi connectivity index (χ1v) is 24.7. The fraction of sp³-hybridized carbons (Fsp3) is 0.787. The Morgan fingerprint density at radius 1 is 0.552 bits per heavy atom. The molecule has 10 nitrogen and oxygen atoms in total. The van der Waals surface area contributed by atoms with Crippen LogP contribution in [-0.2, 0) is 32.7 Å². The SMILES string of the molecule is CCCCCCC/C=C\C/C=C\C/C=C\CCCCCCCCCOCC(COP(=O)(O)OCC(N)C(=O)O)OC(=O)CCCCCCC/C=C\CCCCCCC. The van der Waals surface area contributed by atoms with E-state index in [1.54, 1.807) is 0 Å². The number of ether oxygens (including phenoxy) is 2. The van der Waals surface area contributed by atoms with Gasteiger partial charge in [-0.05, 0) is 77.0 Å². The lowest BCUT2D eigenvalue weighted by molar-refractivity contribution is -0.154. The van der Waals surface area contributed by atoms with E-state index < -0.39 is 45.1 Å². The van der Waals surface area contributed by atoms with Gasteiger partial charge < -0.3 is 25.2 Å². The molecule has 0 aromatic rings. The third kappa shape index (κ3) is 42.1. The average Bonchev–Trinajstić information content (AvgIpc) is 3.20. The second-order valence-electron chi connectivity index (χ2n) is 15.5. The van der Waals surface area contributed by atoms with Crippen molar-refractivity contribution in [1.29, 1.82) is 0 Å². The van der Waals surface area contributed by atoms with Gasteiger partial charge in [0.05, 0.1) is 19.8 Å². The fourth-order valence-corrected chi connectivity index (χ4v) is 6.97. The molecule has 0 rings (SSSR count). The molecule has 0 aromatic carbocycles. The molecule has 338 valence electrons. The van der Waals surface area contributed by atoms with Gasteiger partial charge in [-0.2, -0.15) is 0 Å². The number of aliphatic carboxylic acids is 1. The molecule has 4 N–H and O–H groups in total. The van der Waals surface area contributed by atoms with Gasteiger partial charge in [0.25, 0.3) is 0 Å². The second-order valence-corrected chi connectivity index (χ2v) is 17.0. The molecule has 0 saturated heterocycles. The first-order valence-electron chi connectivity index (χ1n) is 23.2. The molecular weight excluding hydrogens is 753 g/mol. The van der Waals surface area contributed by atoms with E-state index in [4.69, 9.17) is 29.4 Å². The minimum absolute atomic E-state index is 0.00620. The van der Waals surface area contributed by atoms with E-state index in [1.807, 2.05) is 0 Å².